The van der Waals surface area contributed by atoms with E-state index >= 15 is 0 Å². The van der Waals surface area contributed by atoms with E-state index in [0.717, 1.165) is 38.3 Å². The van der Waals surface area contributed by atoms with Crippen LogP contribution in [0.4, 0.5) is 10.1 Å². The molecule has 0 saturated heterocycles. The predicted molar refractivity (Wildman–Crippen MR) is 68.9 cm³/mol. The number of hydrogen-bond donors (Lipinski definition) is 1. The van der Waals surface area contributed by atoms with Crippen LogP contribution in [0.15, 0.2) is 24.3 Å². The summed E-state index contributed by atoms with van der Waals surface area (Å²) in [5, 5.41) is 3.25. The Hall–Kier alpha value is -1.13. The molecule has 96 valence electrons. The van der Waals surface area contributed by atoms with Gasteiger partial charge in [0.25, 0.3) is 0 Å². The minimum Gasteiger partial charge on any atom is -0.385 e. The second kappa shape index (κ2) is 8.03. The fourth-order valence-corrected chi connectivity index (χ4v) is 1.55. The number of methoxy groups -OCH3 is 1. The molecule has 0 heterocycles. The summed E-state index contributed by atoms with van der Waals surface area (Å²) in [4.78, 5) is 2.25. The molecule has 3 nitrogen and oxygen atoms in total. The van der Waals surface area contributed by atoms with E-state index in [2.05, 4.69) is 17.3 Å². The van der Waals surface area contributed by atoms with Gasteiger partial charge in [-0.2, -0.15) is 0 Å². The Morgan fingerprint density at radius 1 is 1.24 bits per heavy atom. The first kappa shape index (κ1) is 13.9. The van der Waals surface area contributed by atoms with Gasteiger partial charge in [-0.25, -0.2) is 4.39 Å². The molecule has 0 spiro atoms. The maximum atomic E-state index is 12.7. The SMILES string of the molecule is COCCCN(C)CCNc1ccc(F)cc1. The van der Waals surface area contributed by atoms with Crippen molar-refractivity contribution >= 4 is 5.69 Å². The maximum Gasteiger partial charge on any atom is 0.123 e. The third-order valence-corrected chi connectivity index (χ3v) is 2.56. The van der Waals surface area contributed by atoms with Crippen LogP contribution in [-0.4, -0.2) is 45.3 Å². The van der Waals surface area contributed by atoms with Crippen LogP contribution in [0.1, 0.15) is 6.42 Å². The summed E-state index contributed by atoms with van der Waals surface area (Å²) < 4.78 is 17.7. The Kier molecular flexibility index (Phi) is 6.58. The van der Waals surface area contributed by atoms with Gasteiger partial charge in [0.05, 0.1) is 0 Å². The van der Waals surface area contributed by atoms with E-state index in [1.165, 1.54) is 12.1 Å². The molecule has 0 fully saturated rings. The molecular formula is C13H21FN2O. The van der Waals surface area contributed by atoms with Gasteiger partial charge in [-0.15, -0.1) is 0 Å². The maximum absolute atomic E-state index is 12.7. The number of hydrogen-bond acceptors (Lipinski definition) is 3. The zero-order valence-electron chi connectivity index (χ0n) is 10.6. The molecule has 4 heteroatoms. The smallest absolute Gasteiger partial charge is 0.123 e. The van der Waals surface area contributed by atoms with E-state index in [1.54, 1.807) is 19.2 Å². The van der Waals surface area contributed by atoms with E-state index in [4.69, 9.17) is 4.74 Å². The molecule has 0 amide bonds. The number of likely N-dealkylation sites (N-methyl/N-ethyl adjacent to an activating group) is 1. The molecule has 0 atom stereocenters. The van der Waals surface area contributed by atoms with Crippen molar-refractivity contribution in [2.24, 2.45) is 0 Å². The summed E-state index contributed by atoms with van der Waals surface area (Å²) in [5.74, 6) is -0.202. The second-order valence-corrected chi connectivity index (χ2v) is 4.08. The summed E-state index contributed by atoms with van der Waals surface area (Å²) in [5.41, 5.74) is 0.955. The number of anilines is 1. The number of ether oxygens (including phenoxy) is 1. The zero-order valence-corrected chi connectivity index (χ0v) is 10.6. The fraction of sp³-hybridized carbons (Fsp3) is 0.538. The molecule has 0 unspecified atom stereocenters. The average molecular weight is 240 g/mol. The lowest BCUT2D eigenvalue weighted by atomic mass is 10.3. The molecule has 0 saturated carbocycles. The minimum atomic E-state index is -0.202. The van der Waals surface area contributed by atoms with Gasteiger partial charge < -0.3 is 15.0 Å². The highest BCUT2D eigenvalue weighted by molar-refractivity contribution is 5.42. The quantitative estimate of drug-likeness (QED) is 0.705. The van der Waals surface area contributed by atoms with Crippen LogP contribution >= 0.6 is 0 Å². The van der Waals surface area contributed by atoms with Crippen molar-refractivity contribution in [3.05, 3.63) is 30.1 Å². The van der Waals surface area contributed by atoms with Gasteiger partial charge in [0.2, 0.25) is 0 Å². The monoisotopic (exact) mass is 240 g/mol. The number of nitrogens with zero attached hydrogens (tertiary/aromatic N) is 1. The molecule has 1 aromatic carbocycles. The van der Waals surface area contributed by atoms with Crippen molar-refractivity contribution in [1.29, 1.82) is 0 Å². The van der Waals surface area contributed by atoms with Gasteiger partial charge in [0, 0.05) is 39.0 Å². The number of benzene rings is 1. The van der Waals surface area contributed by atoms with Crippen molar-refractivity contribution < 1.29 is 9.13 Å². The van der Waals surface area contributed by atoms with E-state index in [-0.39, 0.29) is 5.82 Å². The Morgan fingerprint density at radius 2 is 1.94 bits per heavy atom. The Bertz CT molecular complexity index is 303. The molecule has 0 aromatic heterocycles. The molecule has 0 bridgehead atoms. The lowest BCUT2D eigenvalue weighted by molar-refractivity contribution is 0.180. The second-order valence-electron chi connectivity index (χ2n) is 4.08. The zero-order chi connectivity index (χ0) is 12.5. The highest BCUT2D eigenvalue weighted by Gasteiger charge is 1.98. The van der Waals surface area contributed by atoms with Crippen molar-refractivity contribution in [1.82, 2.24) is 4.90 Å². The van der Waals surface area contributed by atoms with Crippen molar-refractivity contribution in [2.75, 3.05) is 45.7 Å². The van der Waals surface area contributed by atoms with Gasteiger partial charge in [-0.05, 0) is 37.7 Å². The highest BCUT2D eigenvalue weighted by Crippen LogP contribution is 2.07. The predicted octanol–water partition coefficient (Wildman–Crippen LogP) is 2.21. The van der Waals surface area contributed by atoms with Crippen molar-refractivity contribution in [2.45, 2.75) is 6.42 Å². The topological polar surface area (TPSA) is 24.5 Å². The first-order valence-corrected chi connectivity index (χ1v) is 5.89. The Labute approximate surface area is 103 Å². The molecule has 1 rings (SSSR count). The van der Waals surface area contributed by atoms with Gasteiger partial charge in [0.1, 0.15) is 5.82 Å². The van der Waals surface area contributed by atoms with Crippen molar-refractivity contribution in [3.63, 3.8) is 0 Å². The Balaban J connectivity index is 2.12. The molecule has 0 radical (unpaired) electrons. The summed E-state index contributed by atoms with van der Waals surface area (Å²) in [6.07, 6.45) is 1.05. The summed E-state index contributed by atoms with van der Waals surface area (Å²) in [7, 11) is 3.80. The molecule has 0 aliphatic carbocycles. The number of rotatable bonds is 8. The normalized spacial score (nSPS) is 10.8. The van der Waals surface area contributed by atoms with Crippen LogP contribution in [0.5, 0.6) is 0 Å². The van der Waals surface area contributed by atoms with Crippen LogP contribution in [0.2, 0.25) is 0 Å². The standard InChI is InChI=1S/C13H21FN2O/c1-16(9-3-11-17-2)10-8-15-13-6-4-12(14)5-7-13/h4-7,15H,3,8-11H2,1-2H3. The Morgan fingerprint density at radius 3 is 2.59 bits per heavy atom. The first-order chi connectivity index (χ1) is 8.22. The minimum absolute atomic E-state index is 0.202. The first-order valence-electron chi connectivity index (χ1n) is 5.89. The summed E-state index contributed by atoms with van der Waals surface area (Å²) >= 11 is 0. The lowest BCUT2D eigenvalue weighted by Gasteiger charge is -2.16. The van der Waals surface area contributed by atoms with E-state index in [1.807, 2.05) is 0 Å². The largest absolute Gasteiger partial charge is 0.385 e. The third-order valence-electron chi connectivity index (χ3n) is 2.56. The molecule has 1 aromatic rings. The van der Waals surface area contributed by atoms with Gasteiger partial charge >= 0.3 is 0 Å². The molecule has 17 heavy (non-hydrogen) atoms. The van der Waals surface area contributed by atoms with Gasteiger partial charge in [-0.3, -0.25) is 0 Å². The third kappa shape index (κ3) is 6.24. The summed E-state index contributed by atoms with van der Waals surface area (Å²) in [6.45, 7) is 3.64. The molecule has 1 N–H and O–H groups in total. The molecule has 0 aliphatic rings. The number of halogens is 1. The van der Waals surface area contributed by atoms with E-state index in [0.29, 0.717) is 0 Å². The van der Waals surface area contributed by atoms with Gasteiger partial charge in [-0.1, -0.05) is 0 Å². The van der Waals surface area contributed by atoms with Crippen LogP contribution in [0.25, 0.3) is 0 Å². The van der Waals surface area contributed by atoms with Crippen LogP contribution in [0, 0.1) is 5.82 Å². The van der Waals surface area contributed by atoms with E-state index < -0.39 is 0 Å². The average Bonchev–Trinajstić information content (AvgIpc) is 2.32. The van der Waals surface area contributed by atoms with Crippen LogP contribution < -0.4 is 5.32 Å². The highest BCUT2D eigenvalue weighted by atomic mass is 19.1. The fourth-order valence-electron chi connectivity index (χ4n) is 1.55. The number of nitrogens with one attached hydrogen (secondary N) is 1. The van der Waals surface area contributed by atoms with Crippen LogP contribution in [-0.2, 0) is 4.74 Å². The summed E-state index contributed by atoms with van der Waals surface area (Å²) in [6, 6.07) is 6.43. The molecular weight excluding hydrogens is 219 g/mol. The van der Waals surface area contributed by atoms with E-state index in [9.17, 15) is 4.39 Å². The van der Waals surface area contributed by atoms with Crippen molar-refractivity contribution in [3.8, 4) is 0 Å². The lowest BCUT2D eigenvalue weighted by Crippen LogP contribution is -2.26. The van der Waals surface area contributed by atoms with Gasteiger partial charge in [0.15, 0.2) is 0 Å². The van der Waals surface area contributed by atoms with Crippen LogP contribution in [0.3, 0.4) is 0 Å². The molecule has 0 aliphatic heterocycles.